The first kappa shape index (κ1) is 20.5. The lowest BCUT2D eigenvalue weighted by atomic mass is 9.98. The standard InChI is InChI=1S/C21H24FN5O2S/c1-21(2,3)19-25-26-20(30-19)24-18(29)13-8-17(28)27(11-13)7-6-12-10-23-16-5-4-14(22)9-15(12)16/h4-5,9-10,13,23H,6-8,11H2,1-3H3,(H,24,26,29)/t13-/m0/s1. The van der Waals surface area contributed by atoms with Crippen molar-refractivity contribution in [2.24, 2.45) is 5.92 Å². The van der Waals surface area contributed by atoms with Crippen LogP contribution in [0.4, 0.5) is 9.52 Å². The van der Waals surface area contributed by atoms with Crippen LogP contribution < -0.4 is 5.32 Å². The zero-order chi connectivity index (χ0) is 21.5. The second-order valence-corrected chi connectivity index (χ2v) is 9.62. The Morgan fingerprint density at radius 2 is 2.17 bits per heavy atom. The molecule has 3 heterocycles. The maximum absolute atomic E-state index is 13.6. The smallest absolute Gasteiger partial charge is 0.231 e. The topological polar surface area (TPSA) is 91.0 Å². The summed E-state index contributed by atoms with van der Waals surface area (Å²) in [5.74, 6) is -0.964. The summed E-state index contributed by atoms with van der Waals surface area (Å²) in [5, 5.41) is 13.1. The van der Waals surface area contributed by atoms with E-state index in [1.54, 1.807) is 11.0 Å². The Kier molecular flexibility index (Phi) is 5.31. The summed E-state index contributed by atoms with van der Waals surface area (Å²) < 4.78 is 13.6. The molecule has 0 spiro atoms. The first-order valence-electron chi connectivity index (χ1n) is 9.89. The highest BCUT2D eigenvalue weighted by molar-refractivity contribution is 7.15. The Labute approximate surface area is 177 Å². The fourth-order valence-electron chi connectivity index (χ4n) is 3.56. The minimum atomic E-state index is -0.417. The van der Waals surface area contributed by atoms with Gasteiger partial charge in [-0.2, -0.15) is 0 Å². The van der Waals surface area contributed by atoms with Gasteiger partial charge in [-0.3, -0.25) is 9.59 Å². The number of nitrogens with one attached hydrogen (secondary N) is 2. The van der Waals surface area contributed by atoms with E-state index in [0.717, 1.165) is 21.5 Å². The van der Waals surface area contributed by atoms with Gasteiger partial charge in [-0.1, -0.05) is 32.1 Å². The summed E-state index contributed by atoms with van der Waals surface area (Å²) in [6.07, 6.45) is 2.62. The second-order valence-electron chi connectivity index (χ2n) is 8.65. The zero-order valence-corrected chi connectivity index (χ0v) is 18.0. The molecule has 7 nitrogen and oxygen atoms in total. The van der Waals surface area contributed by atoms with Crippen molar-refractivity contribution in [1.82, 2.24) is 20.1 Å². The molecule has 4 rings (SSSR count). The molecule has 1 fully saturated rings. The van der Waals surface area contributed by atoms with E-state index in [1.807, 2.05) is 27.0 Å². The van der Waals surface area contributed by atoms with Crippen LogP contribution in [0.15, 0.2) is 24.4 Å². The molecule has 0 radical (unpaired) electrons. The number of carbonyl (C=O) groups excluding carboxylic acids is 2. The van der Waals surface area contributed by atoms with Crippen LogP contribution in [0.5, 0.6) is 0 Å². The fourth-order valence-corrected chi connectivity index (χ4v) is 4.37. The molecule has 1 aromatic carbocycles. The summed E-state index contributed by atoms with van der Waals surface area (Å²) >= 11 is 1.35. The minimum absolute atomic E-state index is 0.0474. The fraction of sp³-hybridized carbons (Fsp3) is 0.429. The molecular formula is C21H24FN5O2S. The molecule has 3 aromatic rings. The average molecular weight is 430 g/mol. The molecule has 0 unspecified atom stereocenters. The average Bonchev–Trinajstić information content (AvgIpc) is 3.38. The van der Waals surface area contributed by atoms with Gasteiger partial charge < -0.3 is 15.2 Å². The van der Waals surface area contributed by atoms with E-state index in [1.165, 1.54) is 23.5 Å². The molecule has 0 bridgehead atoms. The molecular weight excluding hydrogens is 405 g/mol. The summed E-state index contributed by atoms with van der Waals surface area (Å²) in [7, 11) is 0. The van der Waals surface area contributed by atoms with Crippen molar-refractivity contribution < 1.29 is 14.0 Å². The summed E-state index contributed by atoms with van der Waals surface area (Å²) in [5.41, 5.74) is 1.68. The lowest BCUT2D eigenvalue weighted by molar-refractivity contribution is -0.128. The van der Waals surface area contributed by atoms with Crippen molar-refractivity contribution in [3.8, 4) is 0 Å². The molecule has 9 heteroatoms. The van der Waals surface area contributed by atoms with Crippen LogP contribution in [0.3, 0.4) is 0 Å². The van der Waals surface area contributed by atoms with Gasteiger partial charge >= 0.3 is 0 Å². The number of hydrogen-bond acceptors (Lipinski definition) is 5. The highest BCUT2D eigenvalue weighted by atomic mass is 32.1. The zero-order valence-electron chi connectivity index (χ0n) is 17.2. The third-order valence-corrected chi connectivity index (χ3v) is 6.53. The largest absolute Gasteiger partial charge is 0.361 e. The Hall–Kier alpha value is -2.81. The molecule has 1 saturated heterocycles. The molecule has 1 aliphatic rings. The number of benzene rings is 1. The third-order valence-electron chi connectivity index (χ3n) is 5.26. The van der Waals surface area contributed by atoms with Crippen LogP contribution >= 0.6 is 11.3 Å². The van der Waals surface area contributed by atoms with Crippen LogP contribution in [0.25, 0.3) is 10.9 Å². The number of H-pyrrole nitrogens is 1. The molecule has 1 atom stereocenters. The molecule has 0 aliphatic carbocycles. The number of fused-ring (bicyclic) bond motifs is 1. The molecule has 1 aliphatic heterocycles. The number of nitrogens with zero attached hydrogens (tertiary/aromatic N) is 3. The van der Waals surface area contributed by atoms with Crippen molar-refractivity contribution in [1.29, 1.82) is 0 Å². The molecule has 158 valence electrons. The van der Waals surface area contributed by atoms with E-state index in [9.17, 15) is 14.0 Å². The van der Waals surface area contributed by atoms with Gasteiger partial charge in [0.15, 0.2) is 0 Å². The number of likely N-dealkylation sites (tertiary alicyclic amines) is 1. The highest BCUT2D eigenvalue weighted by Crippen LogP contribution is 2.29. The van der Waals surface area contributed by atoms with Gasteiger partial charge in [-0.25, -0.2) is 4.39 Å². The first-order valence-corrected chi connectivity index (χ1v) is 10.7. The lowest BCUT2D eigenvalue weighted by Crippen LogP contribution is -2.30. The predicted molar refractivity (Wildman–Crippen MR) is 114 cm³/mol. The van der Waals surface area contributed by atoms with Crippen LogP contribution in [0.2, 0.25) is 0 Å². The van der Waals surface area contributed by atoms with Crippen LogP contribution in [0.1, 0.15) is 37.8 Å². The molecule has 2 aromatic heterocycles. The first-order chi connectivity index (χ1) is 14.2. The lowest BCUT2D eigenvalue weighted by Gasteiger charge is -2.16. The van der Waals surface area contributed by atoms with E-state index >= 15 is 0 Å². The van der Waals surface area contributed by atoms with Gasteiger partial charge in [-0.15, -0.1) is 10.2 Å². The van der Waals surface area contributed by atoms with Crippen molar-refractivity contribution in [3.63, 3.8) is 0 Å². The number of aromatic amines is 1. The van der Waals surface area contributed by atoms with Crippen molar-refractivity contribution in [3.05, 3.63) is 40.8 Å². The maximum Gasteiger partial charge on any atom is 0.231 e. The van der Waals surface area contributed by atoms with Gasteiger partial charge in [0, 0.05) is 42.0 Å². The number of amides is 2. The van der Waals surface area contributed by atoms with Crippen molar-refractivity contribution in [2.75, 3.05) is 18.4 Å². The van der Waals surface area contributed by atoms with Gasteiger partial charge in [0.1, 0.15) is 10.8 Å². The van der Waals surface area contributed by atoms with E-state index < -0.39 is 5.92 Å². The summed E-state index contributed by atoms with van der Waals surface area (Å²) in [6.45, 7) is 6.96. The monoisotopic (exact) mass is 429 g/mol. The second kappa shape index (κ2) is 7.79. The molecule has 30 heavy (non-hydrogen) atoms. The number of anilines is 1. The van der Waals surface area contributed by atoms with E-state index in [-0.39, 0.29) is 29.5 Å². The minimum Gasteiger partial charge on any atom is -0.361 e. The number of carbonyl (C=O) groups is 2. The van der Waals surface area contributed by atoms with Gasteiger partial charge in [0.25, 0.3) is 0 Å². The Bertz CT molecular complexity index is 1100. The molecule has 2 amide bonds. The van der Waals surface area contributed by atoms with E-state index in [4.69, 9.17) is 0 Å². The summed E-state index contributed by atoms with van der Waals surface area (Å²) in [4.78, 5) is 29.8. The van der Waals surface area contributed by atoms with Crippen molar-refractivity contribution in [2.45, 2.75) is 39.0 Å². The Morgan fingerprint density at radius 3 is 2.90 bits per heavy atom. The number of rotatable bonds is 5. The van der Waals surface area contributed by atoms with Gasteiger partial charge in [0.2, 0.25) is 16.9 Å². The Morgan fingerprint density at radius 1 is 1.37 bits per heavy atom. The third kappa shape index (κ3) is 4.21. The number of hydrogen-bond donors (Lipinski definition) is 2. The SMILES string of the molecule is CC(C)(C)c1nnc(NC(=O)[C@H]2CC(=O)N(CCc3c[nH]c4ccc(F)cc34)C2)s1. The highest BCUT2D eigenvalue weighted by Gasteiger charge is 2.34. The maximum atomic E-state index is 13.6. The normalized spacial score (nSPS) is 17.1. The van der Waals surface area contributed by atoms with Gasteiger partial charge in [-0.05, 0) is 30.2 Å². The van der Waals surface area contributed by atoms with Crippen molar-refractivity contribution >= 4 is 39.2 Å². The number of aromatic nitrogens is 3. The molecule has 2 N–H and O–H groups in total. The van der Waals surface area contributed by atoms with Crippen LogP contribution in [-0.2, 0) is 21.4 Å². The Balaban J connectivity index is 1.36. The van der Waals surface area contributed by atoms with E-state index in [0.29, 0.717) is 24.6 Å². The van der Waals surface area contributed by atoms with Crippen LogP contribution in [-0.4, -0.2) is 45.0 Å². The predicted octanol–water partition coefficient (Wildman–Crippen LogP) is 3.49. The van der Waals surface area contributed by atoms with E-state index in [2.05, 4.69) is 20.5 Å². The van der Waals surface area contributed by atoms with Gasteiger partial charge in [0.05, 0.1) is 5.92 Å². The van der Waals surface area contributed by atoms with Crippen LogP contribution in [0, 0.1) is 11.7 Å². The number of halogens is 1. The quantitative estimate of drug-likeness (QED) is 0.650. The summed E-state index contributed by atoms with van der Waals surface area (Å²) in [6, 6.07) is 4.61. The molecule has 0 saturated carbocycles.